The van der Waals surface area contributed by atoms with Gasteiger partial charge in [-0.05, 0) is 30.3 Å². The minimum absolute atomic E-state index is 0.127. The van der Waals surface area contributed by atoms with Gasteiger partial charge in [0.1, 0.15) is 12.4 Å². The summed E-state index contributed by atoms with van der Waals surface area (Å²) in [4.78, 5) is 22.5. The molecule has 8 heteroatoms. The monoisotopic (exact) mass is 353 g/mol. The smallest absolute Gasteiger partial charge is 0.254 e. The van der Waals surface area contributed by atoms with Gasteiger partial charge in [0.2, 0.25) is 5.88 Å². The molecule has 3 aromatic rings. The first kappa shape index (κ1) is 16.2. The summed E-state index contributed by atoms with van der Waals surface area (Å²) in [6.07, 6.45) is 3.31. The number of aromatic nitrogens is 4. The molecule has 0 aliphatic carbocycles. The van der Waals surface area contributed by atoms with Gasteiger partial charge in [-0.25, -0.2) is 14.4 Å². The van der Waals surface area contributed by atoms with E-state index in [1.165, 1.54) is 24.3 Å². The molecule has 1 amide bonds. The Balaban J connectivity index is 1.43. The van der Waals surface area contributed by atoms with E-state index in [-0.39, 0.29) is 18.3 Å². The van der Waals surface area contributed by atoms with Gasteiger partial charge in [0, 0.05) is 30.6 Å². The van der Waals surface area contributed by atoms with E-state index >= 15 is 0 Å². The average Bonchev–Trinajstić information content (AvgIpc) is 3.09. The van der Waals surface area contributed by atoms with Crippen LogP contribution in [0.15, 0.2) is 48.8 Å². The fourth-order valence-corrected chi connectivity index (χ4v) is 2.80. The predicted octanol–water partition coefficient (Wildman–Crippen LogP) is 2.05. The van der Waals surface area contributed by atoms with Crippen LogP contribution in [0, 0.1) is 5.82 Å². The molecule has 26 heavy (non-hydrogen) atoms. The third-order valence-electron chi connectivity index (χ3n) is 4.12. The van der Waals surface area contributed by atoms with E-state index in [0.717, 1.165) is 5.69 Å². The van der Waals surface area contributed by atoms with Crippen LogP contribution in [0.3, 0.4) is 0 Å². The summed E-state index contributed by atoms with van der Waals surface area (Å²) < 4.78 is 20.5. The normalized spacial score (nSPS) is 13.3. The van der Waals surface area contributed by atoms with Crippen LogP contribution in [0.4, 0.5) is 4.39 Å². The number of ether oxygens (including phenoxy) is 1. The summed E-state index contributed by atoms with van der Waals surface area (Å²) in [7, 11) is 0. The van der Waals surface area contributed by atoms with Crippen LogP contribution in [0.25, 0.3) is 0 Å². The highest BCUT2D eigenvalue weighted by atomic mass is 19.1. The quantitative estimate of drug-likeness (QED) is 0.718. The van der Waals surface area contributed by atoms with Crippen LogP contribution in [0.5, 0.6) is 5.88 Å². The molecule has 0 saturated heterocycles. The van der Waals surface area contributed by atoms with Gasteiger partial charge in [-0.1, -0.05) is 0 Å². The molecule has 1 aromatic carbocycles. The maximum atomic E-state index is 13.0. The number of carbonyl (C=O) groups is 1. The van der Waals surface area contributed by atoms with Crippen LogP contribution < -0.4 is 4.74 Å². The second-order valence-corrected chi connectivity index (χ2v) is 5.88. The van der Waals surface area contributed by atoms with Gasteiger partial charge in [-0.2, -0.15) is 0 Å². The van der Waals surface area contributed by atoms with Crippen molar-refractivity contribution in [3.8, 4) is 5.88 Å². The average molecular weight is 353 g/mol. The van der Waals surface area contributed by atoms with E-state index < -0.39 is 0 Å². The first-order valence-electron chi connectivity index (χ1n) is 8.19. The van der Waals surface area contributed by atoms with Gasteiger partial charge in [0.25, 0.3) is 5.91 Å². The van der Waals surface area contributed by atoms with Crippen LogP contribution in [0.1, 0.15) is 21.9 Å². The molecule has 0 unspecified atom stereocenters. The summed E-state index contributed by atoms with van der Waals surface area (Å²) in [5.41, 5.74) is 1.35. The predicted molar refractivity (Wildman–Crippen MR) is 89.7 cm³/mol. The summed E-state index contributed by atoms with van der Waals surface area (Å²) in [6.45, 7) is 1.77. The molecule has 1 aliphatic rings. The maximum absolute atomic E-state index is 13.0. The van der Waals surface area contributed by atoms with E-state index in [2.05, 4.69) is 15.1 Å². The van der Waals surface area contributed by atoms with Crippen LogP contribution >= 0.6 is 0 Å². The van der Waals surface area contributed by atoms with E-state index in [1.54, 1.807) is 23.4 Å². The molecule has 0 atom stereocenters. The van der Waals surface area contributed by atoms with E-state index in [0.29, 0.717) is 36.9 Å². The summed E-state index contributed by atoms with van der Waals surface area (Å²) in [5.74, 6) is 0.565. The molecule has 0 radical (unpaired) electrons. The van der Waals surface area contributed by atoms with Gasteiger partial charge in [-0.15, -0.1) is 5.10 Å². The zero-order chi connectivity index (χ0) is 17.9. The fourth-order valence-electron chi connectivity index (χ4n) is 2.80. The van der Waals surface area contributed by atoms with Crippen molar-refractivity contribution in [3.05, 3.63) is 71.7 Å². The van der Waals surface area contributed by atoms with Crippen LogP contribution in [0.2, 0.25) is 0 Å². The van der Waals surface area contributed by atoms with Crippen molar-refractivity contribution < 1.29 is 13.9 Å². The number of nitrogens with zero attached hydrogens (tertiary/aromatic N) is 5. The van der Waals surface area contributed by atoms with Gasteiger partial charge in [-0.3, -0.25) is 9.48 Å². The Labute approximate surface area is 149 Å². The molecule has 0 saturated carbocycles. The summed E-state index contributed by atoms with van der Waals surface area (Å²) >= 11 is 0. The highest BCUT2D eigenvalue weighted by molar-refractivity contribution is 5.94. The molecule has 0 spiro atoms. The lowest BCUT2D eigenvalue weighted by molar-refractivity contribution is 0.0706. The minimum Gasteiger partial charge on any atom is -0.468 e. The Morgan fingerprint density at radius 3 is 2.69 bits per heavy atom. The Bertz CT molecular complexity index is 911. The topological polar surface area (TPSA) is 73.1 Å². The number of rotatable bonds is 4. The number of hydrogen-bond acceptors (Lipinski definition) is 5. The van der Waals surface area contributed by atoms with Gasteiger partial charge < -0.3 is 9.64 Å². The molecular formula is C18H16FN5O2. The lowest BCUT2D eigenvalue weighted by atomic mass is 10.1. The number of fused-ring (bicyclic) bond motifs is 1. The van der Waals surface area contributed by atoms with Gasteiger partial charge in [0.05, 0.1) is 18.8 Å². The Kier molecular flexibility index (Phi) is 4.30. The number of carbonyl (C=O) groups excluding carboxylic acids is 1. The van der Waals surface area contributed by atoms with E-state index in [4.69, 9.17) is 4.74 Å². The Morgan fingerprint density at radius 1 is 1.15 bits per heavy atom. The molecule has 7 nitrogen and oxygen atoms in total. The highest BCUT2D eigenvalue weighted by Crippen LogP contribution is 2.20. The third kappa shape index (κ3) is 3.39. The van der Waals surface area contributed by atoms with Crippen molar-refractivity contribution in [2.24, 2.45) is 0 Å². The van der Waals surface area contributed by atoms with Crippen molar-refractivity contribution in [1.82, 2.24) is 24.6 Å². The van der Waals surface area contributed by atoms with Gasteiger partial charge >= 0.3 is 0 Å². The molecule has 0 bridgehead atoms. The zero-order valence-electron chi connectivity index (χ0n) is 13.9. The van der Waals surface area contributed by atoms with Crippen molar-refractivity contribution in [2.75, 3.05) is 6.54 Å². The third-order valence-corrected chi connectivity index (χ3v) is 4.12. The van der Waals surface area contributed by atoms with Crippen molar-refractivity contribution in [3.63, 3.8) is 0 Å². The number of halogens is 1. The van der Waals surface area contributed by atoms with E-state index in [1.807, 2.05) is 10.7 Å². The molecule has 2 aromatic heterocycles. The largest absolute Gasteiger partial charge is 0.468 e. The lowest BCUT2D eigenvalue weighted by Gasteiger charge is -2.27. The SMILES string of the molecule is O=C(c1ccc(F)cc1)N1CCn2nc(OCc3ncccn3)cc2C1. The second-order valence-electron chi connectivity index (χ2n) is 5.88. The first-order chi connectivity index (χ1) is 12.7. The standard InChI is InChI=1S/C18H16FN5O2/c19-14-4-2-13(3-5-14)18(25)23-8-9-24-15(11-23)10-17(22-24)26-12-16-20-6-1-7-21-16/h1-7,10H,8-9,11-12H2. The molecule has 4 rings (SSSR count). The molecule has 0 fully saturated rings. The highest BCUT2D eigenvalue weighted by Gasteiger charge is 2.23. The van der Waals surface area contributed by atoms with Gasteiger partial charge in [0.15, 0.2) is 5.82 Å². The van der Waals surface area contributed by atoms with Crippen LogP contribution in [-0.4, -0.2) is 37.1 Å². The summed E-state index contributed by atoms with van der Waals surface area (Å²) in [5, 5.41) is 4.40. The molecule has 132 valence electrons. The van der Waals surface area contributed by atoms with E-state index in [9.17, 15) is 9.18 Å². The second kappa shape index (κ2) is 6.91. The number of amides is 1. The molecule has 0 N–H and O–H groups in total. The Hall–Kier alpha value is -3.29. The number of benzene rings is 1. The summed E-state index contributed by atoms with van der Waals surface area (Å²) in [6, 6.07) is 9.13. The van der Waals surface area contributed by atoms with Crippen molar-refractivity contribution >= 4 is 5.91 Å². The first-order valence-corrected chi connectivity index (χ1v) is 8.19. The van der Waals surface area contributed by atoms with Crippen molar-refractivity contribution in [2.45, 2.75) is 19.7 Å². The lowest BCUT2D eigenvalue weighted by Crippen LogP contribution is -2.38. The molecule has 1 aliphatic heterocycles. The number of hydrogen-bond donors (Lipinski definition) is 0. The van der Waals surface area contributed by atoms with Crippen molar-refractivity contribution in [1.29, 1.82) is 0 Å². The molecule has 3 heterocycles. The Morgan fingerprint density at radius 2 is 1.92 bits per heavy atom. The molecular weight excluding hydrogens is 337 g/mol. The fraction of sp³-hybridized carbons (Fsp3) is 0.222. The van der Waals surface area contributed by atoms with Crippen LogP contribution in [-0.2, 0) is 19.7 Å². The minimum atomic E-state index is -0.359. The maximum Gasteiger partial charge on any atom is 0.254 e. The zero-order valence-corrected chi connectivity index (χ0v) is 13.9.